The highest BCUT2D eigenvalue weighted by atomic mass is 32.2. The summed E-state index contributed by atoms with van der Waals surface area (Å²) in [4.78, 5) is 31.0. The zero-order valence-corrected chi connectivity index (χ0v) is 17.9. The van der Waals surface area contributed by atoms with Gasteiger partial charge in [-0.1, -0.05) is 0 Å². The van der Waals surface area contributed by atoms with E-state index < -0.39 is 36.1 Å². The number of anilines is 1. The van der Waals surface area contributed by atoms with Crippen LogP contribution in [0.1, 0.15) is 36.3 Å². The fourth-order valence-corrected chi connectivity index (χ4v) is 4.43. The van der Waals surface area contributed by atoms with Crippen LogP contribution in [0.2, 0.25) is 0 Å². The van der Waals surface area contributed by atoms with E-state index in [9.17, 15) is 28.6 Å². The highest BCUT2D eigenvalue weighted by Crippen LogP contribution is 2.31. The summed E-state index contributed by atoms with van der Waals surface area (Å²) >= 11 is 0. The van der Waals surface area contributed by atoms with Gasteiger partial charge < -0.3 is 4.90 Å². The molecule has 0 amide bonds. The van der Waals surface area contributed by atoms with Crippen LogP contribution < -0.4 is 9.62 Å². The summed E-state index contributed by atoms with van der Waals surface area (Å²) in [6.07, 6.45) is 3.26. The number of nitrogens with zero attached hydrogens (tertiary/aromatic N) is 5. The quantitative estimate of drug-likeness (QED) is 0.493. The Morgan fingerprint density at radius 3 is 2.13 bits per heavy atom. The maximum Gasteiger partial charge on any atom is 0.280 e. The molecule has 12 nitrogen and oxygen atoms in total. The number of hydrogen-bond acceptors (Lipinski definition) is 9. The topological polar surface area (TPSA) is 161 Å². The van der Waals surface area contributed by atoms with E-state index in [-0.39, 0.29) is 17.9 Å². The molecule has 1 aliphatic heterocycles. The summed E-state index contributed by atoms with van der Waals surface area (Å²) in [5.41, 5.74) is -0.837. The summed E-state index contributed by atoms with van der Waals surface area (Å²) in [7, 11) is -4.29. The van der Waals surface area contributed by atoms with E-state index in [1.54, 1.807) is 6.92 Å². The Labute approximate surface area is 178 Å². The van der Waals surface area contributed by atoms with Crippen LogP contribution >= 0.6 is 0 Å². The van der Waals surface area contributed by atoms with Crippen molar-refractivity contribution >= 4 is 27.2 Å². The van der Waals surface area contributed by atoms with Crippen LogP contribution in [-0.4, -0.2) is 41.3 Å². The molecule has 0 aliphatic carbocycles. The lowest BCUT2D eigenvalue weighted by Crippen LogP contribution is -2.31. The molecule has 0 spiro atoms. The molecule has 1 aromatic heterocycles. The van der Waals surface area contributed by atoms with E-state index >= 15 is 0 Å². The lowest BCUT2D eigenvalue weighted by atomic mass is 10.1. The molecule has 2 aromatic rings. The SMILES string of the molecule is Cc1cc(N2CCCCC2)nc(CNS(=O)(=O)c2cc([N+](=O)[O-])c(C)c([N+](=O)[O-])c2)n1. The largest absolute Gasteiger partial charge is 0.357 e. The molecule has 0 saturated carbocycles. The van der Waals surface area contributed by atoms with Crippen LogP contribution in [0, 0.1) is 34.1 Å². The van der Waals surface area contributed by atoms with Crippen LogP contribution in [0.25, 0.3) is 0 Å². The molecule has 0 unspecified atom stereocenters. The van der Waals surface area contributed by atoms with Gasteiger partial charge in [-0.3, -0.25) is 20.2 Å². The number of nitrogens with one attached hydrogen (secondary N) is 1. The van der Waals surface area contributed by atoms with Crippen LogP contribution in [0.15, 0.2) is 23.1 Å². The summed E-state index contributed by atoms with van der Waals surface area (Å²) < 4.78 is 27.7. The van der Waals surface area contributed by atoms with Crippen LogP contribution in [0.3, 0.4) is 0 Å². The predicted octanol–water partition coefficient (Wildman–Crippen LogP) is 2.38. The molecule has 0 radical (unpaired) electrons. The van der Waals surface area contributed by atoms with E-state index in [0.717, 1.165) is 44.5 Å². The van der Waals surface area contributed by atoms with Crippen LogP contribution in [0.4, 0.5) is 17.2 Å². The van der Waals surface area contributed by atoms with Crippen molar-refractivity contribution in [2.24, 2.45) is 0 Å². The van der Waals surface area contributed by atoms with Crippen molar-refractivity contribution in [2.45, 2.75) is 44.6 Å². The zero-order chi connectivity index (χ0) is 22.8. The Morgan fingerprint density at radius 1 is 1.00 bits per heavy atom. The first-order valence-electron chi connectivity index (χ1n) is 9.61. The third kappa shape index (κ3) is 5.11. The van der Waals surface area contributed by atoms with Crippen molar-refractivity contribution in [3.63, 3.8) is 0 Å². The molecule has 0 atom stereocenters. The third-order valence-electron chi connectivity index (χ3n) is 5.02. The monoisotopic (exact) mass is 450 g/mol. The van der Waals surface area contributed by atoms with Crippen LogP contribution in [0.5, 0.6) is 0 Å². The Kier molecular flexibility index (Phi) is 6.45. The first-order chi connectivity index (χ1) is 14.6. The number of hydrogen-bond donors (Lipinski definition) is 1. The second-order valence-corrected chi connectivity index (χ2v) is 9.02. The van der Waals surface area contributed by atoms with Gasteiger partial charge in [-0.15, -0.1) is 0 Å². The molecule has 31 heavy (non-hydrogen) atoms. The Balaban J connectivity index is 1.87. The van der Waals surface area contributed by atoms with Crippen LogP contribution in [-0.2, 0) is 16.6 Å². The number of benzene rings is 1. The number of rotatable bonds is 7. The number of piperidine rings is 1. The van der Waals surface area contributed by atoms with Crippen molar-refractivity contribution in [3.05, 3.63) is 55.5 Å². The van der Waals surface area contributed by atoms with E-state index in [2.05, 4.69) is 19.6 Å². The Bertz CT molecular complexity index is 1100. The van der Waals surface area contributed by atoms with Gasteiger partial charge in [0.25, 0.3) is 11.4 Å². The predicted molar refractivity (Wildman–Crippen MR) is 111 cm³/mol. The Morgan fingerprint density at radius 2 is 1.58 bits per heavy atom. The van der Waals surface area contributed by atoms with Gasteiger partial charge in [0, 0.05) is 37.0 Å². The summed E-state index contributed by atoms with van der Waals surface area (Å²) in [5, 5.41) is 22.4. The van der Waals surface area contributed by atoms with E-state index in [1.807, 2.05) is 6.07 Å². The van der Waals surface area contributed by atoms with E-state index in [1.165, 1.54) is 6.92 Å². The number of nitro benzene ring substituents is 2. The van der Waals surface area contributed by atoms with Crippen molar-refractivity contribution < 1.29 is 18.3 Å². The molecule has 166 valence electrons. The normalized spacial score (nSPS) is 14.5. The highest BCUT2D eigenvalue weighted by molar-refractivity contribution is 7.89. The molecule has 1 aliphatic rings. The molecule has 1 aromatic carbocycles. The average Bonchev–Trinajstić information content (AvgIpc) is 2.72. The molecule has 0 bridgehead atoms. The standard InChI is InChI=1S/C18H22N6O6S/c1-12-8-18(22-6-4-3-5-7-22)21-17(20-12)11-19-31(29,30)14-9-15(23(25)26)13(2)16(10-14)24(27)28/h8-10,19H,3-7,11H2,1-2H3. The third-order valence-corrected chi connectivity index (χ3v) is 6.40. The molecule has 3 rings (SSSR count). The first kappa shape index (κ1) is 22.5. The van der Waals surface area contributed by atoms with Gasteiger partial charge in [-0.05, 0) is 33.1 Å². The van der Waals surface area contributed by atoms with Crippen molar-refractivity contribution in [1.29, 1.82) is 0 Å². The number of aromatic nitrogens is 2. The van der Waals surface area contributed by atoms with Gasteiger partial charge in [0.15, 0.2) is 0 Å². The fraction of sp³-hybridized carbons (Fsp3) is 0.444. The smallest absolute Gasteiger partial charge is 0.280 e. The molecule has 1 saturated heterocycles. The second-order valence-electron chi connectivity index (χ2n) is 7.26. The zero-order valence-electron chi connectivity index (χ0n) is 17.1. The Hall–Kier alpha value is -3.19. The number of aryl methyl sites for hydroxylation is 1. The lowest BCUT2D eigenvalue weighted by Gasteiger charge is -2.28. The minimum absolute atomic E-state index is 0.220. The van der Waals surface area contributed by atoms with Gasteiger partial charge in [-0.2, -0.15) is 0 Å². The van der Waals surface area contributed by atoms with Crippen molar-refractivity contribution in [3.8, 4) is 0 Å². The van der Waals surface area contributed by atoms with Gasteiger partial charge in [0.05, 0.1) is 21.3 Å². The summed E-state index contributed by atoms with van der Waals surface area (Å²) in [6, 6.07) is 3.44. The van der Waals surface area contributed by atoms with Gasteiger partial charge in [0.2, 0.25) is 10.0 Å². The summed E-state index contributed by atoms with van der Waals surface area (Å²) in [6.45, 7) is 4.43. The molecular weight excluding hydrogens is 428 g/mol. The van der Waals surface area contributed by atoms with E-state index in [4.69, 9.17) is 0 Å². The summed E-state index contributed by atoms with van der Waals surface area (Å²) in [5.74, 6) is 0.947. The number of nitro groups is 2. The number of sulfonamides is 1. The molecule has 13 heteroatoms. The molecule has 2 heterocycles. The molecular formula is C18H22N6O6S. The highest BCUT2D eigenvalue weighted by Gasteiger charge is 2.28. The molecule has 1 N–H and O–H groups in total. The van der Waals surface area contributed by atoms with Crippen molar-refractivity contribution in [2.75, 3.05) is 18.0 Å². The van der Waals surface area contributed by atoms with Gasteiger partial charge >= 0.3 is 0 Å². The maximum absolute atomic E-state index is 12.7. The minimum Gasteiger partial charge on any atom is -0.357 e. The maximum atomic E-state index is 12.7. The second kappa shape index (κ2) is 8.89. The van der Waals surface area contributed by atoms with Crippen molar-refractivity contribution in [1.82, 2.24) is 14.7 Å². The minimum atomic E-state index is -4.29. The van der Waals surface area contributed by atoms with Gasteiger partial charge in [-0.25, -0.2) is 23.1 Å². The average molecular weight is 450 g/mol. The first-order valence-corrected chi connectivity index (χ1v) is 11.1. The van der Waals surface area contributed by atoms with E-state index in [0.29, 0.717) is 11.5 Å². The lowest BCUT2D eigenvalue weighted by molar-refractivity contribution is -0.395. The molecule has 1 fully saturated rings. The fourth-order valence-electron chi connectivity index (χ4n) is 3.41. The van der Waals surface area contributed by atoms with Gasteiger partial charge in [0.1, 0.15) is 17.2 Å².